The lowest BCUT2D eigenvalue weighted by molar-refractivity contribution is 0.0796. The maximum Gasteiger partial charge on any atom is 0.0695 e. The molecule has 1 rings (SSSR count). The van der Waals surface area contributed by atoms with Gasteiger partial charge < -0.3 is 14.7 Å². The first-order chi connectivity index (χ1) is 6.25. The summed E-state index contributed by atoms with van der Waals surface area (Å²) in [5, 5.41) is 9.64. The van der Waals surface area contributed by atoms with Gasteiger partial charge in [0.2, 0.25) is 0 Å². The van der Waals surface area contributed by atoms with Gasteiger partial charge in [-0.15, -0.1) is 0 Å². The summed E-state index contributed by atoms with van der Waals surface area (Å²) < 4.78 is 4.99. The van der Waals surface area contributed by atoms with Crippen molar-refractivity contribution in [2.24, 2.45) is 0 Å². The van der Waals surface area contributed by atoms with E-state index in [2.05, 4.69) is 11.9 Å². The van der Waals surface area contributed by atoms with Crippen molar-refractivity contribution in [2.75, 3.05) is 27.3 Å². The van der Waals surface area contributed by atoms with Gasteiger partial charge in [-0.25, -0.2) is 0 Å². The summed E-state index contributed by atoms with van der Waals surface area (Å²) >= 11 is 0. The first kappa shape index (κ1) is 11.0. The van der Waals surface area contributed by atoms with Crippen LogP contribution in [0.4, 0.5) is 0 Å². The Balaban J connectivity index is 2.18. The van der Waals surface area contributed by atoms with Gasteiger partial charge in [-0.3, -0.25) is 0 Å². The summed E-state index contributed by atoms with van der Waals surface area (Å²) in [6.45, 7) is 1.84. The molecule has 2 atom stereocenters. The van der Waals surface area contributed by atoms with Crippen LogP contribution in [-0.2, 0) is 4.74 Å². The molecule has 78 valence electrons. The molecule has 0 spiro atoms. The maximum atomic E-state index is 9.64. The van der Waals surface area contributed by atoms with Gasteiger partial charge in [0.05, 0.1) is 6.10 Å². The van der Waals surface area contributed by atoms with Crippen LogP contribution in [0.3, 0.4) is 0 Å². The minimum atomic E-state index is -0.104. The quantitative estimate of drug-likeness (QED) is 0.648. The standard InChI is InChI=1S/C10H21NO2/c1-11(7-4-8-13-2)9-5-3-6-10(9)12/h9-10,12H,3-8H2,1-2H3/t9-,10-/m0/s1. The van der Waals surface area contributed by atoms with E-state index >= 15 is 0 Å². The predicted molar refractivity (Wildman–Crippen MR) is 52.8 cm³/mol. The predicted octanol–water partition coefficient (Wildman–Crippen LogP) is 0.868. The van der Waals surface area contributed by atoms with E-state index in [1.165, 1.54) is 6.42 Å². The Labute approximate surface area is 80.7 Å². The summed E-state index contributed by atoms with van der Waals surface area (Å²) in [7, 11) is 3.82. The molecule has 1 aliphatic rings. The summed E-state index contributed by atoms with van der Waals surface area (Å²) in [6.07, 6.45) is 4.23. The van der Waals surface area contributed by atoms with Crippen LogP contribution in [-0.4, -0.2) is 49.5 Å². The topological polar surface area (TPSA) is 32.7 Å². The monoisotopic (exact) mass is 187 g/mol. The molecular weight excluding hydrogens is 166 g/mol. The second-order valence-corrected chi connectivity index (χ2v) is 3.89. The van der Waals surface area contributed by atoms with E-state index in [4.69, 9.17) is 4.74 Å². The zero-order chi connectivity index (χ0) is 9.68. The number of aliphatic hydroxyl groups excluding tert-OH is 1. The molecule has 1 aliphatic carbocycles. The number of methoxy groups -OCH3 is 1. The van der Waals surface area contributed by atoms with Gasteiger partial charge in [0.1, 0.15) is 0 Å². The number of ether oxygens (including phenoxy) is 1. The molecule has 0 aliphatic heterocycles. The number of aliphatic hydroxyl groups is 1. The van der Waals surface area contributed by atoms with Crippen molar-refractivity contribution in [1.82, 2.24) is 4.90 Å². The van der Waals surface area contributed by atoms with E-state index in [-0.39, 0.29) is 6.10 Å². The SMILES string of the molecule is COCCCN(C)[C@H]1CCC[C@@H]1O. The minimum absolute atomic E-state index is 0.104. The van der Waals surface area contributed by atoms with Crippen molar-refractivity contribution >= 4 is 0 Å². The zero-order valence-corrected chi connectivity index (χ0v) is 8.70. The summed E-state index contributed by atoms with van der Waals surface area (Å²) in [5.41, 5.74) is 0. The number of hydrogen-bond donors (Lipinski definition) is 1. The average molecular weight is 187 g/mol. The molecule has 0 bridgehead atoms. The second kappa shape index (κ2) is 5.58. The van der Waals surface area contributed by atoms with Crippen LogP contribution in [0.1, 0.15) is 25.7 Å². The minimum Gasteiger partial charge on any atom is -0.391 e. The van der Waals surface area contributed by atoms with E-state index < -0.39 is 0 Å². The van der Waals surface area contributed by atoms with Crippen LogP contribution in [0.5, 0.6) is 0 Å². The highest BCUT2D eigenvalue weighted by atomic mass is 16.5. The number of likely N-dealkylation sites (N-methyl/N-ethyl adjacent to an activating group) is 1. The smallest absolute Gasteiger partial charge is 0.0695 e. The third-order valence-electron chi connectivity index (χ3n) is 2.87. The lowest BCUT2D eigenvalue weighted by Crippen LogP contribution is -2.38. The van der Waals surface area contributed by atoms with Gasteiger partial charge in [0.15, 0.2) is 0 Å². The highest BCUT2D eigenvalue weighted by molar-refractivity contribution is 4.83. The highest BCUT2D eigenvalue weighted by Crippen LogP contribution is 2.23. The molecule has 3 nitrogen and oxygen atoms in total. The van der Waals surface area contributed by atoms with Gasteiger partial charge in [-0.1, -0.05) is 0 Å². The Kier molecular flexibility index (Phi) is 4.70. The molecule has 0 aromatic carbocycles. The lowest BCUT2D eigenvalue weighted by atomic mass is 10.2. The van der Waals surface area contributed by atoms with Crippen molar-refractivity contribution in [3.63, 3.8) is 0 Å². The van der Waals surface area contributed by atoms with E-state index in [0.29, 0.717) is 6.04 Å². The molecule has 0 unspecified atom stereocenters. The largest absolute Gasteiger partial charge is 0.391 e. The molecule has 0 saturated heterocycles. The molecule has 0 heterocycles. The van der Waals surface area contributed by atoms with Crippen LogP contribution in [0.2, 0.25) is 0 Å². The van der Waals surface area contributed by atoms with Crippen LogP contribution in [0, 0.1) is 0 Å². The van der Waals surface area contributed by atoms with Gasteiger partial charge in [0.25, 0.3) is 0 Å². The van der Waals surface area contributed by atoms with Gasteiger partial charge in [-0.2, -0.15) is 0 Å². The Morgan fingerprint density at radius 2 is 2.23 bits per heavy atom. The van der Waals surface area contributed by atoms with Gasteiger partial charge >= 0.3 is 0 Å². The van der Waals surface area contributed by atoms with Crippen molar-refractivity contribution in [1.29, 1.82) is 0 Å². The number of rotatable bonds is 5. The van der Waals surface area contributed by atoms with E-state index in [1.807, 2.05) is 0 Å². The molecule has 0 radical (unpaired) electrons. The average Bonchev–Trinajstić information content (AvgIpc) is 2.52. The highest BCUT2D eigenvalue weighted by Gasteiger charge is 2.27. The molecule has 3 heteroatoms. The molecule has 1 saturated carbocycles. The fourth-order valence-corrected chi connectivity index (χ4v) is 2.06. The second-order valence-electron chi connectivity index (χ2n) is 3.89. The van der Waals surface area contributed by atoms with Crippen molar-refractivity contribution in [2.45, 2.75) is 37.8 Å². The van der Waals surface area contributed by atoms with Crippen LogP contribution in [0.15, 0.2) is 0 Å². The van der Waals surface area contributed by atoms with Gasteiger partial charge in [-0.05, 0) is 32.7 Å². The molecular formula is C10H21NO2. The molecule has 1 fully saturated rings. The van der Waals surface area contributed by atoms with Crippen LogP contribution in [0.25, 0.3) is 0 Å². The first-order valence-corrected chi connectivity index (χ1v) is 5.13. The Bertz CT molecular complexity index is 141. The molecule has 13 heavy (non-hydrogen) atoms. The third kappa shape index (κ3) is 3.25. The molecule has 0 aromatic rings. The van der Waals surface area contributed by atoms with Crippen molar-refractivity contribution in [3.8, 4) is 0 Å². The van der Waals surface area contributed by atoms with Gasteiger partial charge in [0, 0.05) is 26.3 Å². The molecule has 1 N–H and O–H groups in total. The van der Waals surface area contributed by atoms with E-state index in [9.17, 15) is 5.11 Å². The van der Waals surface area contributed by atoms with E-state index in [1.54, 1.807) is 7.11 Å². The number of hydrogen-bond acceptors (Lipinski definition) is 3. The maximum absolute atomic E-state index is 9.64. The van der Waals surface area contributed by atoms with Crippen molar-refractivity contribution in [3.05, 3.63) is 0 Å². The number of nitrogens with zero attached hydrogens (tertiary/aromatic N) is 1. The summed E-state index contributed by atoms with van der Waals surface area (Å²) in [5.74, 6) is 0. The van der Waals surface area contributed by atoms with Crippen LogP contribution < -0.4 is 0 Å². The van der Waals surface area contributed by atoms with Crippen molar-refractivity contribution < 1.29 is 9.84 Å². The zero-order valence-electron chi connectivity index (χ0n) is 8.70. The fourth-order valence-electron chi connectivity index (χ4n) is 2.06. The lowest BCUT2D eigenvalue weighted by Gasteiger charge is -2.26. The molecule has 0 amide bonds. The van der Waals surface area contributed by atoms with Crippen LogP contribution >= 0.6 is 0 Å². The summed E-state index contributed by atoms with van der Waals surface area (Å²) in [4.78, 5) is 2.26. The Hall–Kier alpha value is -0.120. The third-order valence-corrected chi connectivity index (χ3v) is 2.87. The fraction of sp³-hybridized carbons (Fsp3) is 1.00. The van der Waals surface area contributed by atoms with E-state index in [0.717, 1.165) is 32.4 Å². The first-order valence-electron chi connectivity index (χ1n) is 5.13. The summed E-state index contributed by atoms with van der Waals surface area (Å²) in [6, 6.07) is 0.386. The normalized spacial score (nSPS) is 28.6. The molecule has 0 aromatic heterocycles. The Morgan fingerprint density at radius 1 is 1.46 bits per heavy atom. The Morgan fingerprint density at radius 3 is 2.77 bits per heavy atom.